The monoisotopic (exact) mass is 420 g/mol. The Bertz CT molecular complexity index is 968. The van der Waals surface area contributed by atoms with E-state index in [0.29, 0.717) is 0 Å². The molecule has 1 saturated carbocycles. The summed E-state index contributed by atoms with van der Waals surface area (Å²) < 4.78 is 2.05. The molecule has 0 unspecified atom stereocenters. The molecule has 6 heteroatoms. The van der Waals surface area contributed by atoms with Crippen LogP contribution in [0.15, 0.2) is 59.8 Å². The SMILES string of the molecule is O=C(c1ccc(SCc2cn3ccccc3n2)cc1)N1CCN(C2CCCC2)CC1. The van der Waals surface area contributed by atoms with Crippen molar-refractivity contribution in [1.82, 2.24) is 19.2 Å². The fraction of sp³-hybridized carbons (Fsp3) is 0.417. The van der Waals surface area contributed by atoms with Gasteiger partial charge in [0.05, 0.1) is 5.69 Å². The molecule has 0 bridgehead atoms. The van der Waals surface area contributed by atoms with E-state index in [9.17, 15) is 4.79 Å². The zero-order valence-corrected chi connectivity index (χ0v) is 18.1. The Balaban J connectivity index is 1.15. The van der Waals surface area contributed by atoms with Crippen molar-refractivity contribution in [2.75, 3.05) is 26.2 Å². The van der Waals surface area contributed by atoms with E-state index in [0.717, 1.165) is 59.8 Å². The third-order valence-corrected chi connectivity index (χ3v) is 7.39. The highest BCUT2D eigenvalue weighted by molar-refractivity contribution is 7.98. The van der Waals surface area contributed by atoms with Gasteiger partial charge < -0.3 is 9.30 Å². The van der Waals surface area contributed by atoms with Crippen molar-refractivity contribution in [2.45, 2.75) is 42.4 Å². The molecule has 3 aromatic rings. The lowest BCUT2D eigenvalue weighted by Gasteiger charge is -2.38. The van der Waals surface area contributed by atoms with Gasteiger partial charge in [0.25, 0.3) is 5.91 Å². The van der Waals surface area contributed by atoms with Crippen LogP contribution in [-0.4, -0.2) is 57.3 Å². The van der Waals surface area contributed by atoms with Gasteiger partial charge in [0.15, 0.2) is 0 Å². The fourth-order valence-electron chi connectivity index (χ4n) is 4.65. The van der Waals surface area contributed by atoms with Crippen molar-refractivity contribution >= 4 is 23.3 Å². The van der Waals surface area contributed by atoms with Crippen molar-refractivity contribution in [3.05, 3.63) is 66.1 Å². The van der Waals surface area contributed by atoms with Crippen LogP contribution in [0.3, 0.4) is 0 Å². The van der Waals surface area contributed by atoms with Gasteiger partial charge >= 0.3 is 0 Å². The molecule has 30 heavy (non-hydrogen) atoms. The van der Waals surface area contributed by atoms with E-state index in [2.05, 4.69) is 28.2 Å². The van der Waals surface area contributed by atoms with Gasteiger partial charge in [-0.3, -0.25) is 9.69 Å². The molecule has 1 aliphatic heterocycles. The molecule has 5 nitrogen and oxygen atoms in total. The number of benzene rings is 1. The first-order valence-corrected chi connectivity index (χ1v) is 11.9. The molecule has 0 N–H and O–H groups in total. The number of hydrogen-bond acceptors (Lipinski definition) is 4. The van der Waals surface area contributed by atoms with E-state index in [4.69, 9.17) is 0 Å². The molecule has 5 rings (SSSR count). The largest absolute Gasteiger partial charge is 0.336 e. The van der Waals surface area contributed by atoms with Crippen molar-refractivity contribution in [2.24, 2.45) is 0 Å². The second-order valence-electron chi connectivity index (χ2n) is 8.28. The zero-order chi connectivity index (χ0) is 20.3. The standard InChI is InChI=1S/C24H28N4OS/c29-24(27-15-13-26(14-16-27)21-5-1-2-6-21)19-8-10-22(11-9-19)30-18-20-17-28-12-4-3-7-23(28)25-20/h3-4,7-12,17,21H,1-2,5-6,13-16,18H2. The number of thioether (sulfide) groups is 1. The second kappa shape index (κ2) is 8.82. The molecule has 1 saturated heterocycles. The Hall–Kier alpha value is -2.31. The van der Waals surface area contributed by atoms with Crippen LogP contribution in [0.2, 0.25) is 0 Å². The first-order chi connectivity index (χ1) is 14.8. The Morgan fingerprint density at radius 2 is 1.77 bits per heavy atom. The molecule has 2 fully saturated rings. The van der Waals surface area contributed by atoms with Crippen LogP contribution in [0.4, 0.5) is 0 Å². The molecule has 2 aliphatic rings. The smallest absolute Gasteiger partial charge is 0.253 e. The number of pyridine rings is 1. The van der Waals surface area contributed by atoms with Crippen molar-refractivity contribution in [3.8, 4) is 0 Å². The molecule has 3 heterocycles. The van der Waals surface area contributed by atoms with E-state index in [1.807, 2.05) is 45.8 Å². The zero-order valence-electron chi connectivity index (χ0n) is 17.2. The number of aromatic nitrogens is 2. The van der Waals surface area contributed by atoms with Gasteiger partial charge in [-0.1, -0.05) is 18.9 Å². The molecular formula is C24H28N4OS. The topological polar surface area (TPSA) is 40.9 Å². The summed E-state index contributed by atoms with van der Waals surface area (Å²) in [6, 6.07) is 14.8. The number of nitrogens with zero attached hydrogens (tertiary/aromatic N) is 4. The first kappa shape index (κ1) is 19.6. The predicted octanol–water partition coefficient (Wildman–Crippen LogP) is 4.33. The first-order valence-electron chi connectivity index (χ1n) is 10.9. The van der Waals surface area contributed by atoms with E-state index < -0.39 is 0 Å². The van der Waals surface area contributed by atoms with Crippen LogP contribution in [0.1, 0.15) is 41.7 Å². The van der Waals surface area contributed by atoms with Crippen LogP contribution in [0.25, 0.3) is 5.65 Å². The summed E-state index contributed by atoms with van der Waals surface area (Å²) in [5, 5.41) is 0. The van der Waals surface area contributed by atoms with Crippen molar-refractivity contribution < 1.29 is 4.79 Å². The molecule has 1 aliphatic carbocycles. The highest BCUT2D eigenvalue weighted by Crippen LogP contribution is 2.26. The lowest BCUT2D eigenvalue weighted by atomic mass is 10.1. The molecule has 1 aromatic carbocycles. The Morgan fingerprint density at radius 3 is 2.50 bits per heavy atom. The molecule has 0 radical (unpaired) electrons. The minimum absolute atomic E-state index is 0.165. The van der Waals surface area contributed by atoms with Crippen LogP contribution in [0, 0.1) is 0 Å². The average Bonchev–Trinajstić information content (AvgIpc) is 3.47. The number of piperazine rings is 1. The minimum atomic E-state index is 0.165. The second-order valence-corrected chi connectivity index (χ2v) is 9.33. The molecule has 0 spiro atoms. The highest BCUT2D eigenvalue weighted by atomic mass is 32.2. The maximum atomic E-state index is 12.9. The molecule has 0 atom stereocenters. The predicted molar refractivity (Wildman–Crippen MR) is 121 cm³/mol. The maximum absolute atomic E-state index is 12.9. The van der Waals surface area contributed by atoms with Crippen LogP contribution < -0.4 is 0 Å². The van der Waals surface area contributed by atoms with Crippen molar-refractivity contribution in [1.29, 1.82) is 0 Å². The van der Waals surface area contributed by atoms with Gasteiger partial charge in [-0.2, -0.15) is 0 Å². The average molecular weight is 421 g/mol. The number of hydrogen-bond donors (Lipinski definition) is 0. The minimum Gasteiger partial charge on any atom is -0.336 e. The normalized spacial score (nSPS) is 18.3. The van der Waals surface area contributed by atoms with Crippen LogP contribution in [-0.2, 0) is 5.75 Å². The number of imidazole rings is 1. The quantitative estimate of drug-likeness (QED) is 0.576. The van der Waals surface area contributed by atoms with Gasteiger partial charge in [-0.05, 0) is 49.2 Å². The summed E-state index contributed by atoms with van der Waals surface area (Å²) in [7, 11) is 0. The number of carbonyl (C=O) groups excluding carboxylic acids is 1. The fourth-order valence-corrected chi connectivity index (χ4v) is 5.43. The lowest BCUT2D eigenvalue weighted by Crippen LogP contribution is -2.51. The molecular weight excluding hydrogens is 392 g/mol. The number of carbonyl (C=O) groups is 1. The third-order valence-electron chi connectivity index (χ3n) is 6.34. The summed E-state index contributed by atoms with van der Waals surface area (Å²) >= 11 is 1.75. The van der Waals surface area contributed by atoms with Gasteiger partial charge in [0.2, 0.25) is 0 Å². The van der Waals surface area contributed by atoms with E-state index in [1.165, 1.54) is 25.7 Å². The Morgan fingerprint density at radius 1 is 1.00 bits per heavy atom. The van der Waals surface area contributed by atoms with E-state index in [1.54, 1.807) is 11.8 Å². The Kier molecular flexibility index (Phi) is 5.77. The summed E-state index contributed by atoms with van der Waals surface area (Å²) in [4.78, 5) is 23.3. The highest BCUT2D eigenvalue weighted by Gasteiger charge is 2.28. The van der Waals surface area contributed by atoms with Crippen molar-refractivity contribution in [3.63, 3.8) is 0 Å². The van der Waals surface area contributed by atoms with Gasteiger partial charge in [0.1, 0.15) is 5.65 Å². The summed E-state index contributed by atoms with van der Waals surface area (Å²) in [5.74, 6) is 0.982. The number of amides is 1. The molecule has 156 valence electrons. The number of fused-ring (bicyclic) bond motifs is 1. The summed E-state index contributed by atoms with van der Waals surface area (Å²) in [6.07, 6.45) is 9.50. The van der Waals surface area contributed by atoms with Gasteiger partial charge in [0, 0.05) is 60.8 Å². The molecule has 2 aromatic heterocycles. The van der Waals surface area contributed by atoms with E-state index >= 15 is 0 Å². The lowest BCUT2D eigenvalue weighted by molar-refractivity contribution is 0.0573. The maximum Gasteiger partial charge on any atom is 0.253 e. The molecule has 1 amide bonds. The number of rotatable bonds is 5. The summed E-state index contributed by atoms with van der Waals surface area (Å²) in [6.45, 7) is 3.73. The Labute approximate surface area is 182 Å². The third kappa shape index (κ3) is 4.25. The van der Waals surface area contributed by atoms with Gasteiger partial charge in [-0.15, -0.1) is 11.8 Å². The van der Waals surface area contributed by atoms with Gasteiger partial charge in [-0.25, -0.2) is 4.98 Å². The summed E-state index contributed by atoms with van der Waals surface area (Å²) in [5.41, 5.74) is 2.83. The van der Waals surface area contributed by atoms with E-state index in [-0.39, 0.29) is 5.91 Å². The van der Waals surface area contributed by atoms with Crippen LogP contribution in [0.5, 0.6) is 0 Å². The van der Waals surface area contributed by atoms with Crippen LogP contribution >= 0.6 is 11.8 Å².